The lowest BCUT2D eigenvalue weighted by Gasteiger charge is -2.57. The summed E-state index contributed by atoms with van der Waals surface area (Å²) in [5.41, 5.74) is 10.7. The van der Waals surface area contributed by atoms with Gasteiger partial charge in [-0.2, -0.15) is 5.26 Å². The van der Waals surface area contributed by atoms with Crippen LogP contribution in [0.1, 0.15) is 93.7 Å². The molecule has 8 bridgehead atoms. The molecule has 0 aliphatic heterocycles. The molecule has 7 aromatic rings. The van der Waals surface area contributed by atoms with Crippen LogP contribution in [0.2, 0.25) is 0 Å². The highest BCUT2D eigenvalue weighted by Gasteiger charge is 2.52. The highest BCUT2D eigenvalue weighted by Crippen LogP contribution is 2.62. The summed E-state index contributed by atoms with van der Waals surface area (Å²) >= 11 is 0. The molecule has 0 saturated heterocycles. The van der Waals surface area contributed by atoms with E-state index in [1.54, 1.807) is 0 Å². The van der Waals surface area contributed by atoms with Crippen LogP contribution < -0.4 is 0 Å². The Morgan fingerprint density at radius 2 is 0.881 bits per heavy atom. The minimum atomic E-state index is 0.355. The first-order chi connectivity index (χ1) is 29.0. The number of fused-ring (bicyclic) bond motifs is 3. The molecule has 2 heterocycles. The van der Waals surface area contributed by atoms with Gasteiger partial charge in [0.05, 0.1) is 22.7 Å². The second-order valence-corrected chi connectivity index (χ2v) is 20.1. The van der Waals surface area contributed by atoms with Crippen LogP contribution in [0.3, 0.4) is 0 Å². The van der Waals surface area contributed by atoms with Crippen LogP contribution in [0.25, 0.3) is 61.7 Å². The Kier molecular flexibility index (Phi) is 7.38. The second-order valence-electron chi connectivity index (χ2n) is 20.1. The summed E-state index contributed by atoms with van der Waals surface area (Å²) in [6, 6.07) is 44.1. The van der Waals surface area contributed by atoms with E-state index in [1.807, 2.05) is 24.3 Å². The maximum absolute atomic E-state index is 9.47. The molecule has 0 unspecified atom stereocenters. The average Bonchev–Trinajstić information content (AvgIpc) is 3.59. The van der Waals surface area contributed by atoms with Gasteiger partial charge in [0.2, 0.25) is 0 Å². The Hall–Kier alpha value is -5.60. The quantitative estimate of drug-likeness (QED) is 0.169. The molecule has 0 atom stereocenters. The van der Waals surface area contributed by atoms with E-state index in [4.69, 9.17) is 15.0 Å². The van der Waals surface area contributed by atoms with E-state index in [-0.39, 0.29) is 0 Å². The molecule has 8 fully saturated rings. The van der Waals surface area contributed by atoms with Crippen LogP contribution in [0, 0.1) is 46.8 Å². The van der Waals surface area contributed by atoms with Crippen LogP contribution >= 0.6 is 0 Å². The summed E-state index contributed by atoms with van der Waals surface area (Å²) in [5, 5.41) is 11.8. The maximum atomic E-state index is 9.47. The fourth-order valence-corrected chi connectivity index (χ4v) is 14.7. The molecule has 0 N–H and O–H groups in total. The van der Waals surface area contributed by atoms with Gasteiger partial charge in [0.15, 0.2) is 17.5 Å². The van der Waals surface area contributed by atoms with Crippen molar-refractivity contribution in [3.63, 3.8) is 0 Å². The molecule has 15 rings (SSSR count). The number of aromatic nitrogens is 4. The third-order valence-electron chi connectivity index (χ3n) is 16.4. The molecule has 0 amide bonds. The molecule has 8 aliphatic rings. The van der Waals surface area contributed by atoms with Gasteiger partial charge in [-0.1, -0.05) is 66.7 Å². The summed E-state index contributed by atoms with van der Waals surface area (Å²) in [6.07, 6.45) is 16.9. The molecule has 8 saturated carbocycles. The van der Waals surface area contributed by atoms with Crippen LogP contribution in [0.4, 0.5) is 0 Å². The zero-order valence-corrected chi connectivity index (χ0v) is 33.7. The van der Waals surface area contributed by atoms with E-state index in [2.05, 4.69) is 102 Å². The zero-order chi connectivity index (χ0) is 38.9. The number of hydrogen-bond donors (Lipinski definition) is 0. The Morgan fingerprint density at radius 1 is 0.458 bits per heavy atom. The van der Waals surface area contributed by atoms with E-state index in [1.165, 1.54) is 93.6 Å². The van der Waals surface area contributed by atoms with Crippen molar-refractivity contribution in [2.75, 3.05) is 0 Å². The predicted octanol–water partition coefficient (Wildman–Crippen LogP) is 12.8. The van der Waals surface area contributed by atoms with Crippen molar-refractivity contribution < 1.29 is 0 Å². The predicted molar refractivity (Wildman–Crippen MR) is 235 cm³/mol. The Morgan fingerprint density at radius 3 is 1.36 bits per heavy atom. The number of nitriles is 1. The average molecular weight is 768 g/mol. The summed E-state index contributed by atoms with van der Waals surface area (Å²) in [7, 11) is 0. The lowest BCUT2D eigenvalue weighted by Crippen LogP contribution is -2.48. The third kappa shape index (κ3) is 5.44. The summed E-state index contributed by atoms with van der Waals surface area (Å²) < 4.78 is 2.29. The molecule has 59 heavy (non-hydrogen) atoms. The third-order valence-corrected chi connectivity index (χ3v) is 16.4. The molecule has 8 aliphatic carbocycles. The topological polar surface area (TPSA) is 67.4 Å². The van der Waals surface area contributed by atoms with Crippen molar-refractivity contribution in [1.82, 2.24) is 19.5 Å². The van der Waals surface area contributed by atoms with Crippen LogP contribution in [-0.4, -0.2) is 19.5 Å². The zero-order valence-electron chi connectivity index (χ0n) is 33.7. The molecule has 5 heteroatoms. The number of rotatable bonds is 6. The van der Waals surface area contributed by atoms with Gasteiger partial charge in [-0.25, -0.2) is 15.0 Å². The molecular weight excluding hydrogens is 719 g/mol. The van der Waals surface area contributed by atoms with Gasteiger partial charge < -0.3 is 4.57 Å². The van der Waals surface area contributed by atoms with Gasteiger partial charge in [-0.15, -0.1) is 0 Å². The summed E-state index contributed by atoms with van der Waals surface area (Å²) in [5.74, 6) is 7.65. The van der Waals surface area contributed by atoms with Crippen molar-refractivity contribution in [2.24, 2.45) is 35.5 Å². The van der Waals surface area contributed by atoms with E-state index in [9.17, 15) is 5.26 Å². The lowest BCUT2D eigenvalue weighted by atomic mass is 9.48. The molecule has 5 nitrogen and oxygen atoms in total. The monoisotopic (exact) mass is 767 g/mol. The van der Waals surface area contributed by atoms with Gasteiger partial charge >= 0.3 is 0 Å². The second kappa shape index (κ2) is 12.7. The molecule has 290 valence electrons. The van der Waals surface area contributed by atoms with Gasteiger partial charge in [0.1, 0.15) is 0 Å². The van der Waals surface area contributed by atoms with E-state index < -0.39 is 0 Å². The van der Waals surface area contributed by atoms with Crippen LogP contribution in [0.15, 0.2) is 115 Å². The SMILES string of the molecule is N#Cc1ccc(-n2c3ccccc3c3cc(-c4nc(-c5ccc(C67CC8CC(CC(C8)C6)C7)cc5)nc(-c5ccc(C67CC8CC(CC(C8)C6)C7)cc5)n4)ccc32)cc1. The van der Waals surface area contributed by atoms with E-state index in [0.717, 1.165) is 86.0 Å². The fourth-order valence-electron chi connectivity index (χ4n) is 14.7. The van der Waals surface area contributed by atoms with Crippen LogP contribution in [0.5, 0.6) is 0 Å². The highest BCUT2D eigenvalue weighted by atomic mass is 15.0. The Balaban J connectivity index is 0.916. The van der Waals surface area contributed by atoms with Crippen LogP contribution in [-0.2, 0) is 10.8 Å². The van der Waals surface area contributed by atoms with E-state index in [0.29, 0.717) is 22.2 Å². The first-order valence-electron chi connectivity index (χ1n) is 22.5. The van der Waals surface area contributed by atoms with Crippen molar-refractivity contribution in [3.05, 3.63) is 132 Å². The fraction of sp³-hybridized carbons (Fsp3) is 0.370. The number of para-hydroxylation sites is 1. The largest absolute Gasteiger partial charge is 0.309 e. The van der Waals surface area contributed by atoms with Gasteiger partial charge in [-0.3, -0.25) is 0 Å². The number of nitrogens with zero attached hydrogens (tertiary/aromatic N) is 5. The molecule has 0 radical (unpaired) electrons. The van der Waals surface area contributed by atoms with Gasteiger partial charge in [-0.05, 0) is 183 Å². The first-order valence-corrected chi connectivity index (χ1v) is 22.5. The number of benzene rings is 5. The highest BCUT2D eigenvalue weighted by molar-refractivity contribution is 6.10. The number of hydrogen-bond acceptors (Lipinski definition) is 4. The molecule has 0 spiro atoms. The van der Waals surface area contributed by atoms with Gasteiger partial charge in [0, 0.05) is 33.2 Å². The summed E-state index contributed by atoms with van der Waals surface area (Å²) in [4.78, 5) is 15.8. The van der Waals surface area contributed by atoms with Crippen molar-refractivity contribution in [2.45, 2.75) is 87.9 Å². The minimum Gasteiger partial charge on any atom is -0.309 e. The standard InChI is InChI=1S/C54H49N5/c55-32-33-5-16-45(17-6-33)59-48-4-2-1-3-46(48)47-25-42(11-18-49(47)59)52-57-50(40-7-12-43(13-8-40)53-26-34-19-35(27-53)21-36(20-34)28-53)56-51(58-52)41-9-14-44(15-10-41)54-29-37-22-38(30-54)24-39(23-37)31-54/h1-18,25,34-39H,19-24,26-31H2. The molecular formula is C54H49N5. The van der Waals surface area contributed by atoms with Crippen molar-refractivity contribution in [1.29, 1.82) is 5.26 Å². The minimum absolute atomic E-state index is 0.355. The molecule has 2 aromatic heterocycles. The van der Waals surface area contributed by atoms with Crippen molar-refractivity contribution >= 4 is 21.8 Å². The normalized spacial score (nSPS) is 30.0. The Labute approximate surface area is 346 Å². The smallest absolute Gasteiger partial charge is 0.164 e. The first kappa shape index (κ1) is 34.3. The molecule has 5 aromatic carbocycles. The Bertz CT molecular complexity index is 2660. The lowest BCUT2D eigenvalue weighted by molar-refractivity contribution is -0.00530. The van der Waals surface area contributed by atoms with Crippen molar-refractivity contribution in [3.8, 4) is 45.9 Å². The van der Waals surface area contributed by atoms with Gasteiger partial charge in [0.25, 0.3) is 0 Å². The summed E-state index contributed by atoms with van der Waals surface area (Å²) in [6.45, 7) is 0. The van der Waals surface area contributed by atoms with E-state index >= 15 is 0 Å². The maximum Gasteiger partial charge on any atom is 0.164 e.